The van der Waals surface area contributed by atoms with Crippen LogP contribution in [-0.4, -0.2) is 58.4 Å². The third kappa shape index (κ3) is 4.63. The number of rotatable bonds is 7. The molecule has 1 aromatic heterocycles. The number of aromatic nitrogens is 4. The minimum absolute atomic E-state index is 0.117. The summed E-state index contributed by atoms with van der Waals surface area (Å²) in [6, 6.07) is 8.62. The van der Waals surface area contributed by atoms with Gasteiger partial charge in [-0.15, -0.1) is 5.10 Å². The zero-order valence-corrected chi connectivity index (χ0v) is 17.9. The largest absolute Gasteiger partial charge is 0.497 e. The van der Waals surface area contributed by atoms with E-state index < -0.39 is 0 Å². The van der Waals surface area contributed by atoms with Crippen molar-refractivity contribution in [2.24, 2.45) is 0 Å². The molecule has 1 aliphatic rings. The molecular weight excluding hydrogens is 352 g/mol. The van der Waals surface area contributed by atoms with E-state index in [1.54, 1.807) is 7.11 Å². The van der Waals surface area contributed by atoms with E-state index in [0.717, 1.165) is 44.2 Å². The van der Waals surface area contributed by atoms with E-state index in [2.05, 4.69) is 65.2 Å². The van der Waals surface area contributed by atoms with Gasteiger partial charge >= 0.3 is 0 Å². The molecule has 28 heavy (non-hydrogen) atoms. The summed E-state index contributed by atoms with van der Waals surface area (Å²) >= 11 is 0. The van der Waals surface area contributed by atoms with Gasteiger partial charge in [-0.3, -0.25) is 4.90 Å². The van der Waals surface area contributed by atoms with E-state index in [1.807, 2.05) is 16.8 Å². The van der Waals surface area contributed by atoms with Gasteiger partial charge in [0.15, 0.2) is 5.82 Å². The molecule has 2 aromatic rings. The van der Waals surface area contributed by atoms with Crippen LogP contribution in [0.2, 0.25) is 0 Å². The van der Waals surface area contributed by atoms with Gasteiger partial charge in [0.25, 0.3) is 0 Å². The van der Waals surface area contributed by atoms with Gasteiger partial charge in [0.1, 0.15) is 5.75 Å². The molecular formula is C21H34N6O. The molecule has 7 heteroatoms. The van der Waals surface area contributed by atoms with Gasteiger partial charge in [0.05, 0.1) is 18.7 Å². The van der Waals surface area contributed by atoms with Crippen LogP contribution < -0.4 is 9.64 Å². The van der Waals surface area contributed by atoms with E-state index in [0.29, 0.717) is 0 Å². The Labute approximate surface area is 168 Å². The van der Waals surface area contributed by atoms with Crippen LogP contribution in [0.25, 0.3) is 0 Å². The maximum absolute atomic E-state index is 5.27. The summed E-state index contributed by atoms with van der Waals surface area (Å²) in [5, 5.41) is 12.7. The van der Waals surface area contributed by atoms with E-state index in [4.69, 9.17) is 4.74 Å². The molecule has 0 bridgehead atoms. The fraction of sp³-hybridized carbons (Fsp3) is 0.667. The first-order valence-corrected chi connectivity index (χ1v) is 10.4. The van der Waals surface area contributed by atoms with Crippen molar-refractivity contribution in [1.29, 1.82) is 0 Å². The molecule has 0 radical (unpaired) electrons. The average molecular weight is 387 g/mol. The van der Waals surface area contributed by atoms with Gasteiger partial charge in [-0.25, -0.2) is 4.68 Å². The summed E-state index contributed by atoms with van der Waals surface area (Å²) in [6.07, 6.45) is 3.45. The summed E-state index contributed by atoms with van der Waals surface area (Å²) in [4.78, 5) is 5.00. The predicted molar refractivity (Wildman–Crippen MR) is 112 cm³/mol. The second-order valence-electron chi connectivity index (χ2n) is 8.50. The molecule has 1 saturated heterocycles. The molecule has 0 saturated carbocycles. The first-order valence-electron chi connectivity index (χ1n) is 10.4. The molecule has 3 rings (SSSR count). The quantitative estimate of drug-likeness (QED) is 0.726. The van der Waals surface area contributed by atoms with Crippen molar-refractivity contribution >= 4 is 5.69 Å². The molecule has 0 N–H and O–H groups in total. The molecule has 0 spiro atoms. The minimum Gasteiger partial charge on any atom is -0.497 e. The Balaban J connectivity index is 1.72. The van der Waals surface area contributed by atoms with E-state index in [9.17, 15) is 0 Å². The normalized spacial score (nSPS) is 17.0. The Hall–Kier alpha value is -2.15. The molecule has 2 heterocycles. The van der Waals surface area contributed by atoms with Crippen LogP contribution in [0.15, 0.2) is 24.3 Å². The molecule has 7 nitrogen and oxygen atoms in total. The van der Waals surface area contributed by atoms with Crippen molar-refractivity contribution in [3.8, 4) is 5.75 Å². The van der Waals surface area contributed by atoms with Crippen molar-refractivity contribution in [2.45, 2.75) is 58.5 Å². The second kappa shape index (κ2) is 8.90. The third-order valence-corrected chi connectivity index (χ3v) is 5.45. The van der Waals surface area contributed by atoms with Gasteiger partial charge in [-0.05, 0) is 61.9 Å². The number of anilines is 1. The number of tetrazole rings is 1. The van der Waals surface area contributed by atoms with Gasteiger partial charge in [0.2, 0.25) is 0 Å². The van der Waals surface area contributed by atoms with Crippen LogP contribution in [0.3, 0.4) is 0 Å². The number of piperazine rings is 1. The summed E-state index contributed by atoms with van der Waals surface area (Å²) < 4.78 is 7.28. The Morgan fingerprint density at radius 1 is 1.07 bits per heavy atom. The fourth-order valence-electron chi connectivity index (χ4n) is 3.84. The zero-order valence-electron chi connectivity index (χ0n) is 17.9. The van der Waals surface area contributed by atoms with Gasteiger partial charge in [0, 0.05) is 31.9 Å². The summed E-state index contributed by atoms with van der Waals surface area (Å²) in [5.74, 6) is 1.90. The smallest absolute Gasteiger partial charge is 0.168 e. The van der Waals surface area contributed by atoms with Crippen LogP contribution >= 0.6 is 0 Å². The highest BCUT2D eigenvalue weighted by molar-refractivity contribution is 5.49. The maximum atomic E-state index is 5.27. The molecule has 1 aromatic carbocycles. The summed E-state index contributed by atoms with van der Waals surface area (Å²) in [5.41, 5.74) is 1.14. The Kier molecular flexibility index (Phi) is 6.54. The zero-order chi connectivity index (χ0) is 20.1. The lowest BCUT2D eigenvalue weighted by Gasteiger charge is -2.40. The Bertz CT molecular complexity index is 728. The Morgan fingerprint density at radius 3 is 2.32 bits per heavy atom. The standard InChI is InChI=1S/C21H34N6O/c1-6-7-8-19(20-22-23-24-27(20)21(2,3)4)26-15-13-25(14-16-26)17-9-11-18(28-5)12-10-17/h9-12,19H,6-8,13-16H2,1-5H3. The van der Waals surface area contributed by atoms with E-state index in [-0.39, 0.29) is 11.6 Å². The molecule has 0 aliphatic carbocycles. The van der Waals surface area contributed by atoms with Gasteiger partial charge in [-0.1, -0.05) is 19.8 Å². The highest BCUT2D eigenvalue weighted by Gasteiger charge is 2.31. The predicted octanol–water partition coefficient (Wildman–Crippen LogP) is 3.49. The number of benzene rings is 1. The van der Waals surface area contributed by atoms with E-state index in [1.165, 1.54) is 18.5 Å². The third-order valence-electron chi connectivity index (χ3n) is 5.45. The lowest BCUT2D eigenvalue weighted by Crippen LogP contribution is -2.48. The number of hydrogen-bond donors (Lipinski definition) is 0. The molecule has 154 valence electrons. The van der Waals surface area contributed by atoms with Crippen LogP contribution in [-0.2, 0) is 5.54 Å². The minimum atomic E-state index is -0.117. The maximum Gasteiger partial charge on any atom is 0.168 e. The lowest BCUT2D eigenvalue weighted by molar-refractivity contribution is 0.155. The van der Waals surface area contributed by atoms with Crippen molar-refractivity contribution in [3.63, 3.8) is 0 Å². The molecule has 1 fully saturated rings. The highest BCUT2D eigenvalue weighted by atomic mass is 16.5. The Morgan fingerprint density at radius 2 is 1.75 bits per heavy atom. The topological polar surface area (TPSA) is 59.3 Å². The lowest BCUT2D eigenvalue weighted by atomic mass is 10.0. The average Bonchev–Trinajstić information content (AvgIpc) is 3.19. The van der Waals surface area contributed by atoms with Crippen molar-refractivity contribution in [1.82, 2.24) is 25.1 Å². The first kappa shape index (κ1) is 20.6. The van der Waals surface area contributed by atoms with Gasteiger partial charge < -0.3 is 9.64 Å². The molecule has 1 aliphatic heterocycles. The number of unbranched alkanes of at least 4 members (excludes halogenated alkanes) is 1. The van der Waals surface area contributed by atoms with Crippen LogP contribution in [0.1, 0.15) is 58.8 Å². The fourth-order valence-corrected chi connectivity index (χ4v) is 3.84. The molecule has 0 amide bonds. The SMILES string of the molecule is CCCCC(c1nnnn1C(C)(C)C)N1CCN(c2ccc(OC)cc2)CC1. The van der Waals surface area contributed by atoms with Crippen LogP contribution in [0.5, 0.6) is 5.75 Å². The van der Waals surface area contributed by atoms with Crippen molar-refractivity contribution in [3.05, 3.63) is 30.1 Å². The number of methoxy groups -OCH3 is 1. The van der Waals surface area contributed by atoms with Gasteiger partial charge in [-0.2, -0.15) is 0 Å². The monoisotopic (exact) mass is 386 g/mol. The number of nitrogens with zero attached hydrogens (tertiary/aromatic N) is 6. The molecule has 1 atom stereocenters. The molecule has 1 unspecified atom stereocenters. The summed E-state index contributed by atoms with van der Waals surface area (Å²) in [7, 11) is 1.70. The summed E-state index contributed by atoms with van der Waals surface area (Å²) in [6.45, 7) is 12.8. The van der Waals surface area contributed by atoms with Crippen LogP contribution in [0.4, 0.5) is 5.69 Å². The van der Waals surface area contributed by atoms with Crippen molar-refractivity contribution < 1.29 is 4.74 Å². The highest BCUT2D eigenvalue weighted by Crippen LogP contribution is 2.29. The van der Waals surface area contributed by atoms with E-state index >= 15 is 0 Å². The first-order chi connectivity index (χ1) is 13.4. The second-order valence-corrected chi connectivity index (χ2v) is 8.50. The number of ether oxygens (including phenoxy) is 1. The van der Waals surface area contributed by atoms with Crippen LogP contribution in [0, 0.1) is 0 Å². The number of hydrogen-bond acceptors (Lipinski definition) is 6. The van der Waals surface area contributed by atoms with Crippen molar-refractivity contribution in [2.75, 3.05) is 38.2 Å².